The van der Waals surface area contributed by atoms with Gasteiger partial charge < -0.3 is 0 Å². The molecular weight excluding hydrogens is 131 g/mol. The summed E-state index contributed by atoms with van der Waals surface area (Å²) >= 11 is 0. The van der Waals surface area contributed by atoms with Gasteiger partial charge in [0.2, 0.25) is 0 Å². The number of Topliss-reactive ketones (excluding diaryl/α,β-unsaturated/α-hetero) is 1. The van der Waals surface area contributed by atoms with E-state index in [0.29, 0.717) is 6.33 Å². The van der Waals surface area contributed by atoms with E-state index in [9.17, 15) is 9.18 Å². The van der Waals surface area contributed by atoms with Crippen molar-refractivity contribution in [1.82, 2.24) is 0 Å². The normalized spacial score (nSPS) is 13.5. The first-order valence-electron chi connectivity index (χ1n) is 3.21. The molecule has 1 nitrogen and oxygen atoms in total. The molecule has 0 rings (SSSR count). The Morgan fingerprint density at radius 3 is 1.90 bits per heavy atom. The highest BCUT2D eigenvalue weighted by Crippen LogP contribution is 2.19. The Bertz CT molecular complexity index is 163. The molecule has 0 aromatic rings. The third-order valence-electron chi connectivity index (χ3n) is 1.20. The predicted octanol–water partition coefficient (Wildman–Crippen LogP) is 2.47. The fourth-order valence-electron chi connectivity index (χ4n) is 0.641. The maximum atomic E-state index is 11.8. The molecule has 0 aromatic carbocycles. The third-order valence-corrected chi connectivity index (χ3v) is 1.20. The van der Waals surface area contributed by atoms with Crippen LogP contribution in [0.1, 0.15) is 27.7 Å². The maximum Gasteiger partial charge on any atom is 0.166 e. The molecular formula is C8H13FO. The first-order chi connectivity index (χ1) is 4.39. The third kappa shape index (κ3) is 2.29. The second-order valence-electron chi connectivity index (χ2n) is 3.37. The standard InChI is InChI=1S/C8H13FO/c1-6(5-9)7(10)8(2,3)4/h5H,1-4H3/b6-5+. The van der Waals surface area contributed by atoms with Crippen molar-refractivity contribution in [2.45, 2.75) is 27.7 Å². The van der Waals surface area contributed by atoms with Crippen LogP contribution in [0.2, 0.25) is 0 Å². The molecule has 0 amide bonds. The second-order valence-corrected chi connectivity index (χ2v) is 3.37. The zero-order chi connectivity index (χ0) is 8.36. The van der Waals surface area contributed by atoms with Crippen LogP contribution >= 0.6 is 0 Å². The number of carbonyl (C=O) groups is 1. The van der Waals surface area contributed by atoms with E-state index in [0.717, 1.165) is 0 Å². The average molecular weight is 144 g/mol. The molecule has 0 aliphatic rings. The smallest absolute Gasteiger partial charge is 0.166 e. The van der Waals surface area contributed by atoms with Crippen LogP contribution < -0.4 is 0 Å². The number of allylic oxidation sites excluding steroid dienone is 1. The van der Waals surface area contributed by atoms with Crippen molar-refractivity contribution in [3.63, 3.8) is 0 Å². The highest BCUT2D eigenvalue weighted by Gasteiger charge is 2.22. The predicted molar refractivity (Wildman–Crippen MR) is 39.3 cm³/mol. The van der Waals surface area contributed by atoms with Crippen molar-refractivity contribution in [1.29, 1.82) is 0 Å². The topological polar surface area (TPSA) is 17.1 Å². The van der Waals surface area contributed by atoms with Gasteiger partial charge in [0.25, 0.3) is 0 Å². The quantitative estimate of drug-likeness (QED) is 0.517. The molecule has 0 N–H and O–H groups in total. The van der Waals surface area contributed by atoms with E-state index in [1.54, 1.807) is 20.8 Å². The van der Waals surface area contributed by atoms with Gasteiger partial charge in [-0.05, 0) is 6.92 Å². The van der Waals surface area contributed by atoms with E-state index in [4.69, 9.17) is 0 Å². The van der Waals surface area contributed by atoms with Gasteiger partial charge in [0, 0.05) is 11.0 Å². The fourth-order valence-corrected chi connectivity index (χ4v) is 0.641. The second kappa shape index (κ2) is 2.95. The number of rotatable bonds is 1. The molecule has 0 aliphatic carbocycles. The lowest BCUT2D eigenvalue weighted by atomic mass is 9.87. The number of hydrogen-bond acceptors (Lipinski definition) is 1. The van der Waals surface area contributed by atoms with Crippen LogP contribution in [0.4, 0.5) is 4.39 Å². The molecule has 0 radical (unpaired) electrons. The molecule has 0 atom stereocenters. The zero-order valence-corrected chi connectivity index (χ0v) is 6.86. The van der Waals surface area contributed by atoms with Crippen LogP contribution in [0.3, 0.4) is 0 Å². The van der Waals surface area contributed by atoms with Crippen LogP contribution in [0.15, 0.2) is 11.9 Å². The summed E-state index contributed by atoms with van der Waals surface area (Å²) in [5, 5.41) is 0. The summed E-state index contributed by atoms with van der Waals surface area (Å²) in [5.74, 6) is -0.144. The molecule has 0 unspecified atom stereocenters. The summed E-state index contributed by atoms with van der Waals surface area (Å²) in [6.45, 7) is 6.78. The van der Waals surface area contributed by atoms with E-state index in [-0.39, 0.29) is 11.4 Å². The summed E-state index contributed by atoms with van der Waals surface area (Å²) in [6.07, 6.45) is 0.355. The molecule has 0 aliphatic heterocycles. The van der Waals surface area contributed by atoms with Gasteiger partial charge in [-0.1, -0.05) is 20.8 Å². The molecule has 58 valence electrons. The minimum absolute atomic E-state index is 0.144. The van der Waals surface area contributed by atoms with E-state index in [1.165, 1.54) is 6.92 Å². The van der Waals surface area contributed by atoms with Gasteiger partial charge in [0.15, 0.2) is 5.78 Å². The molecule has 2 heteroatoms. The Morgan fingerprint density at radius 1 is 1.40 bits per heavy atom. The number of halogens is 1. The SMILES string of the molecule is C/C(=C\F)C(=O)C(C)(C)C. The van der Waals surface area contributed by atoms with Crippen molar-refractivity contribution in [2.75, 3.05) is 0 Å². The highest BCUT2D eigenvalue weighted by molar-refractivity contribution is 5.98. The summed E-state index contributed by atoms with van der Waals surface area (Å²) in [4.78, 5) is 11.1. The summed E-state index contributed by atoms with van der Waals surface area (Å²) in [7, 11) is 0. The fraction of sp³-hybridized carbons (Fsp3) is 0.625. The number of hydrogen-bond donors (Lipinski definition) is 0. The van der Waals surface area contributed by atoms with Crippen LogP contribution in [0.5, 0.6) is 0 Å². The Labute approximate surface area is 60.9 Å². The molecule has 0 heterocycles. The monoisotopic (exact) mass is 144 g/mol. The number of carbonyl (C=O) groups excluding carboxylic acids is 1. The van der Waals surface area contributed by atoms with Gasteiger partial charge in [0.1, 0.15) is 0 Å². The molecule has 0 aromatic heterocycles. The zero-order valence-electron chi connectivity index (χ0n) is 6.86. The highest BCUT2D eigenvalue weighted by atomic mass is 19.1. The Morgan fingerprint density at radius 2 is 1.80 bits per heavy atom. The average Bonchev–Trinajstić information content (AvgIpc) is 1.83. The van der Waals surface area contributed by atoms with Crippen molar-refractivity contribution in [2.24, 2.45) is 5.41 Å². The van der Waals surface area contributed by atoms with Crippen molar-refractivity contribution < 1.29 is 9.18 Å². The Hall–Kier alpha value is -0.660. The van der Waals surface area contributed by atoms with Gasteiger partial charge in [-0.2, -0.15) is 0 Å². The van der Waals surface area contributed by atoms with Gasteiger partial charge in [0.05, 0.1) is 6.33 Å². The van der Waals surface area contributed by atoms with Crippen LogP contribution in [-0.4, -0.2) is 5.78 Å². The lowest BCUT2D eigenvalue weighted by Crippen LogP contribution is -2.20. The largest absolute Gasteiger partial charge is 0.294 e. The van der Waals surface area contributed by atoms with E-state index in [2.05, 4.69) is 0 Å². The summed E-state index contributed by atoms with van der Waals surface area (Å²) in [6, 6.07) is 0. The maximum absolute atomic E-state index is 11.8. The van der Waals surface area contributed by atoms with E-state index in [1.807, 2.05) is 0 Å². The first kappa shape index (κ1) is 9.34. The van der Waals surface area contributed by atoms with Crippen LogP contribution in [0.25, 0.3) is 0 Å². The lowest BCUT2D eigenvalue weighted by Gasteiger charge is -2.15. The van der Waals surface area contributed by atoms with E-state index < -0.39 is 5.41 Å². The Balaban J connectivity index is 4.39. The minimum atomic E-state index is -0.466. The van der Waals surface area contributed by atoms with Crippen molar-refractivity contribution in [3.8, 4) is 0 Å². The molecule has 10 heavy (non-hydrogen) atoms. The first-order valence-corrected chi connectivity index (χ1v) is 3.21. The van der Waals surface area contributed by atoms with Crippen molar-refractivity contribution in [3.05, 3.63) is 11.9 Å². The lowest BCUT2D eigenvalue weighted by molar-refractivity contribution is -0.122. The van der Waals surface area contributed by atoms with Gasteiger partial charge in [-0.25, -0.2) is 4.39 Å². The van der Waals surface area contributed by atoms with Gasteiger partial charge in [-0.3, -0.25) is 4.79 Å². The Kier molecular flexibility index (Phi) is 2.76. The molecule has 0 fully saturated rings. The van der Waals surface area contributed by atoms with Gasteiger partial charge >= 0.3 is 0 Å². The molecule has 0 spiro atoms. The van der Waals surface area contributed by atoms with E-state index >= 15 is 0 Å². The van der Waals surface area contributed by atoms with Gasteiger partial charge in [-0.15, -0.1) is 0 Å². The van der Waals surface area contributed by atoms with Crippen molar-refractivity contribution >= 4 is 5.78 Å². The van der Waals surface area contributed by atoms with Crippen LogP contribution in [0, 0.1) is 5.41 Å². The van der Waals surface area contributed by atoms with Crippen LogP contribution in [-0.2, 0) is 4.79 Å². The number of ketones is 1. The molecule has 0 saturated heterocycles. The minimum Gasteiger partial charge on any atom is -0.294 e. The molecule has 0 saturated carbocycles. The summed E-state index contributed by atoms with van der Waals surface area (Å²) in [5.41, 5.74) is -0.278. The summed E-state index contributed by atoms with van der Waals surface area (Å²) < 4.78 is 11.8. The molecule has 0 bridgehead atoms.